The normalized spacial score (nSPS) is 23.9. The molecule has 2 rings (SSSR count). The molecule has 17 heavy (non-hydrogen) atoms. The van der Waals surface area contributed by atoms with Crippen LogP contribution in [0.2, 0.25) is 0 Å². The first kappa shape index (κ1) is 12.4. The van der Waals surface area contributed by atoms with E-state index < -0.39 is 0 Å². The summed E-state index contributed by atoms with van der Waals surface area (Å²) < 4.78 is 15.0. The Balaban J connectivity index is 1.99. The minimum Gasteiger partial charge on any atom is -0.487 e. The molecule has 5 nitrogen and oxygen atoms in total. The monoisotopic (exact) mass is 257 g/mol. The van der Waals surface area contributed by atoms with Crippen LogP contribution in [0.3, 0.4) is 0 Å². The predicted octanol–water partition coefficient (Wildman–Crippen LogP) is 2.10. The summed E-state index contributed by atoms with van der Waals surface area (Å²) in [5, 5.41) is 4.39. The second-order valence-corrected chi connectivity index (χ2v) is 4.94. The van der Waals surface area contributed by atoms with Crippen LogP contribution in [0.4, 0.5) is 10.8 Å². The molecule has 0 bridgehead atoms. The van der Waals surface area contributed by atoms with Crippen molar-refractivity contribution in [3.05, 3.63) is 0 Å². The van der Waals surface area contributed by atoms with Gasteiger partial charge < -0.3 is 20.5 Å². The van der Waals surface area contributed by atoms with Crippen molar-refractivity contribution in [3.63, 3.8) is 0 Å². The Kier molecular flexibility index (Phi) is 4.06. The number of anilines is 2. The molecule has 1 aromatic rings. The average Bonchev–Trinajstić information content (AvgIpc) is 2.91. The second kappa shape index (κ2) is 5.55. The van der Waals surface area contributed by atoms with Crippen LogP contribution in [0.25, 0.3) is 0 Å². The number of nitrogens with zero attached hydrogens (tertiary/aromatic N) is 1. The summed E-state index contributed by atoms with van der Waals surface area (Å²) in [6.07, 6.45) is 3.61. The maximum Gasteiger partial charge on any atom is 0.197 e. The Hall–Kier alpha value is -1.01. The molecule has 1 aliphatic carbocycles. The molecule has 0 spiro atoms. The van der Waals surface area contributed by atoms with Gasteiger partial charge in [0.1, 0.15) is 0 Å². The standard InChI is InChI=1S/C11H19N3O2S/c1-3-16-9-10(12)14-17-11(9)13-7-4-5-8(6-7)15-2/h7-8,13H,3-6H2,1-2H3,(H2,12,14). The van der Waals surface area contributed by atoms with Crippen molar-refractivity contribution in [1.82, 2.24) is 4.37 Å². The molecule has 1 aromatic heterocycles. The number of rotatable bonds is 5. The molecular weight excluding hydrogens is 238 g/mol. The minimum absolute atomic E-state index is 0.369. The van der Waals surface area contributed by atoms with Crippen LogP contribution in [-0.2, 0) is 4.74 Å². The lowest BCUT2D eigenvalue weighted by Crippen LogP contribution is -2.17. The molecule has 96 valence electrons. The number of aromatic nitrogens is 1. The molecule has 0 radical (unpaired) electrons. The van der Waals surface area contributed by atoms with Crippen LogP contribution in [0.15, 0.2) is 0 Å². The molecule has 0 amide bonds. The number of nitrogens with one attached hydrogen (secondary N) is 1. The van der Waals surface area contributed by atoms with Crippen molar-refractivity contribution in [2.75, 3.05) is 24.8 Å². The molecule has 0 aromatic carbocycles. The zero-order chi connectivity index (χ0) is 12.3. The van der Waals surface area contributed by atoms with E-state index in [-0.39, 0.29) is 0 Å². The summed E-state index contributed by atoms with van der Waals surface area (Å²) in [5.74, 6) is 1.17. The topological polar surface area (TPSA) is 69.4 Å². The van der Waals surface area contributed by atoms with Gasteiger partial charge in [-0.15, -0.1) is 0 Å². The van der Waals surface area contributed by atoms with Gasteiger partial charge in [0, 0.05) is 13.2 Å². The molecule has 1 saturated carbocycles. The Morgan fingerprint density at radius 2 is 2.35 bits per heavy atom. The van der Waals surface area contributed by atoms with Gasteiger partial charge in [-0.2, -0.15) is 4.37 Å². The van der Waals surface area contributed by atoms with Crippen molar-refractivity contribution in [2.45, 2.75) is 38.3 Å². The van der Waals surface area contributed by atoms with Gasteiger partial charge in [0.25, 0.3) is 0 Å². The highest BCUT2D eigenvalue weighted by molar-refractivity contribution is 7.11. The molecule has 0 saturated heterocycles. The fraction of sp³-hybridized carbons (Fsp3) is 0.727. The molecule has 2 unspecified atom stereocenters. The van der Waals surface area contributed by atoms with E-state index in [2.05, 4.69) is 9.69 Å². The number of nitrogens with two attached hydrogens (primary N) is 1. The van der Waals surface area contributed by atoms with E-state index in [9.17, 15) is 0 Å². The van der Waals surface area contributed by atoms with Crippen molar-refractivity contribution in [2.24, 2.45) is 0 Å². The van der Waals surface area contributed by atoms with Gasteiger partial charge >= 0.3 is 0 Å². The molecule has 1 fully saturated rings. The number of hydrogen-bond acceptors (Lipinski definition) is 6. The summed E-state index contributed by atoms with van der Waals surface area (Å²) in [7, 11) is 1.77. The van der Waals surface area contributed by atoms with Gasteiger partial charge in [-0.1, -0.05) is 0 Å². The van der Waals surface area contributed by atoms with Crippen LogP contribution in [-0.4, -0.2) is 30.2 Å². The quantitative estimate of drug-likeness (QED) is 0.845. The summed E-state index contributed by atoms with van der Waals surface area (Å²) in [5.41, 5.74) is 5.76. The van der Waals surface area contributed by atoms with Crippen LogP contribution < -0.4 is 15.8 Å². The lowest BCUT2D eigenvalue weighted by molar-refractivity contribution is 0.108. The zero-order valence-corrected chi connectivity index (χ0v) is 11.0. The van der Waals surface area contributed by atoms with Gasteiger partial charge in [0.15, 0.2) is 16.6 Å². The number of methoxy groups -OCH3 is 1. The highest BCUT2D eigenvalue weighted by Gasteiger charge is 2.26. The average molecular weight is 257 g/mol. The summed E-state index contributed by atoms with van der Waals surface area (Å²) in [4.78, 5) is 0. The number of nitrogen functional groups attached to an aromatic ring is 1. The SMILES string of the molecule is CCOc1c(N)nsc1NC1CCC(OC)C1. The van der Waals surface area contributed by atoms with E-state index in [0.717, 1.165) is 24.3 Å². The Morgan fingerprint density at radius 1 is 1.53 bits per heavy atom. The molecule has 1 aliphatic rings. The summed E-state index contributed by atoms with van der Waals surface area (Å²) >= 11 is 1.36. The van der Waals surface area contributed by atoms with E-state index in [1.165, 1.54) is 11.5 Å². The fourth-order valence-corrected chi connectivity index (χ4v) is 2.88. The third-order valence-electron chi connectivity index (χ3n) is 3.02. The van der Waals surface area contributed by atoms with Crippen LogP contribution >= 0.6 is 11.5 Å². The van der Waals surface area contributed by atoms with Crippen molar-refractivity contribution >= 4 is 22.4 Å². The van der Waals surface area contributed by atoms with Gasteiger partial charge in [0.2, 0.25) is 0 Å². The minimum atomic E-state index is 0.369. The predicted molar refractivity (Wildman–Crippen MR) is 69.8 cm³/mol. The molecule has 1 heterocycles. The van der Waals surface area contributed by atoms with E-state index in [1.54, 1.807) is 7.11 Å². The molecular formula is C11H19N3O2S. The first-order valence-electron chi connectivity index (χ1n) is 5.91. The smallest absolute Gasteiger partial charge is 0.197 e. The Morgan fingerprint density at radius 3 is 3.00 bits per heavy atom. The number of hydrogen-bond donors (Lipinski definition) is 2. The first-order valence-corrected chi connectivity index (χ1v) is 6.69. The highest BCUT2D eigenvalue weighted by atomic mass is 32.1. The van der Waals surface area contributed by atoms with Gasteiger partial charge in [-0.05, 0) is 37.7 Å². The molecule has 2 atom stereocenters. The van der Waals surface area contributed by atoms with E-state index in [1.807, 2.05) is 6.92 Å². The van der Waals surface area contributed by atoms with E-state index in [4.69, 9.17) is 15.2 Å². The van der Waals surface area contributed by atoms with Crippen molar-refractivity contribution in [1.29, 1.82) is 0 Å². The second-order valence-electron chi connectivity index (χ2n) is 4.17. The molecule has 6 heteroatoms. The molecule has 3 N–H and O–H groups in total. The summed E-state index contributed by atoms with van der Waals surface area (Å²) in [6.45, 7) is 2.54. The molecule has 0 aliphatic heterocycles. The fourth-order valence-electron chi connectivity index (χ4n) is 2.14. The van der Waals surface area contributed by atoms with Gasteiger partial charge in [-0.25, -0.2) is 0 Å². The van der Waals surface area contributed by atoms with Gasteiger partial charge in [-0.3, -0.25) is 0 Å². The third kappa shape index (κ3) is 2.81. The number of ether oxygens (including phenoxy) is 2. The lowest BCUT2D eigenvalue weighted by Gasteiger charge is -2.13. The zero-order valence-electron chi connectivity index (χ0n) is 10.2. The lowest BCUT2D eigenvalue weighted by atomic mass is 10.2. The van der Waals surface area contributed by atoms with Crippen LogP contribution in [0.5, 0.6) is 5.75 Å². The van der Waals surface area contributed by atoms with E-state index in [0.29, 0.717) is 30.3 Å². The summed E-state index contributed by atoms with van der Waals surface area (Å²) in [6, 6.07) is 0.430. The third-order valence-corrected chi connectivity index (χ3v) is 3.79. The van der Waals surface area contributed by atoms with Crippen molar-refractivity contribution < 1.29 is 9.47 Å². The van der Waals surface area contributed by atoms with Gasteiger partial charge in [0.05, 0.1) is 12.7 Å². The van der Waals surface area contributed by atoms with Crippen LogP contribution in [0.1, 0.15) is 26.2 Å². The van der Waals surface area contributed by atoms with Crippen molar-refractivity contribution in [3.8, 4) is 5.75 Å². The highest BCUT2D eigenvalue weighted by Crippen LogP contribution is 2.37. The Labute approximate surface area is 105 Å². The van der Waals surface area contributed by atoms with E-state index >= 15 is 0 Å². The Bertz CT molecular complexity index is 370. The van der Waals surface area contributed by atoms with Crippen LogP contribution in [0, 0.1) is 0 Å². The maximum absolute atomic E-state index is 5.76. The largest absolute Gasteiger partial charge is 0.487 e. The first-order chi connectivity index (χ1) is 8.24. The maximum atomic E-state index is 5.76.